The molecule has 0 N–H and O–H groups in total. The van der Waals surface area contributed by atoms with Gasteiger partial charge < -0.3 is 0 Å². The molecular formula is C12H24Cl2FOSi2Ti. The first kappa shape index (κ1) is 22.0. The number of rotatable bonds is 4. The van der Waals surface area contributed by atoms with Crippen LogP contribution in [0.2, 0.25) is 32.7 Å². The van der Waals surface area contributed by atoms with E-state index < -0.39 is 32.8 Å². The van der Waals surface area contributed by atoms with Crippen LogP contribution in [0.15, 0.2) is 18.2 Å². The van der Waals surface area contributed by atoms with E-state index in [0.717, 1.165) is 5.75 Å². The molecule has 0 atom stereocenters. The Morgan fingerprint density at radius 3 is 2.05 bits per heavy atom. The van der Waals surface area contributed by atoms with Crippen LogP contribution < -0.4 is 8.51 Å². The summed E-state index contributed by atoms with van der Waals surface area (Å²) in [5.41, 5.74) is 1.18. The van der Waals surface area contributed by atoms with Crippen LogP contribution >= 0.6 is 24.8 Å². The van der Waals surface area contributed by atoms with Gasteiger partial charge in [-0.2, -0.15) is 0 Å². The van der Waals surface area contributed by atoms with Crippen LogP contribution in [0.3, 0.4) is 0 Å². The van der Waals surface area contributed by atoms with Gasteiger partial charge in [-0.1, -0.05) is 0 Å². The normalized spacial score (nSPS) is 10.5. The molecule has 0 heterocycles. The molecule has 0 fully saturated rings. The summed E-state index contributed by atoms with van der Waals surface area (Å²) >= 11 is -2.71. The van der Waals surface area contributed by atoms with Crippen LogP contribution in [0.5, 0.6) is 5.75 Å². The molecule has 0 aromatic heterocycles. The predicted molar refractivity (Wildman–Crippen MR) is 89.3 cm³/mol. The van der Waals surface area contributed by atoms with Gasteiger partial charge in [0.15, 0.2) is 0 Å². The standard InChI is InChI=1S/C10H16OSi.C2H7Si.2ClH.FH.Ti/c1-8-5-9(11)7-10(6-8)12(2,3)4;1-3-2;;;;/h5-7,11H,1-4H3;3H,1-2H3;3*1H;/q;;;;;+2/p-2. The van der Waals surface area contributed by atoms with Crippen LogP contribution in [0.25, 0.3) is 0 Å². The van der Waals surface area contributed by atoms with Crippen molar-refractivity contribution in [3.63, 3.8) is 0 Å². The molecule has 0 amide bonds. The average molecular weight is 378 g/mol. The molecule has 0 spiro atoms. The maximum Gasteiger partial charge on any atom is -0.147 e. The van der Waals surface area contributed by atoms with Crippen molar-refractivity contribution in [2.75, 3.05) is 0 Å². The third kappa shape index (κ3) is 7.30. The Bertz CT molecular complexity index is 400. The maximum absolute atomic E-state index is 13.8. The Morgan fingerprint density at radius 2 is 1.63 bits per heavy atom. The van der Waals surface area contributed by atoms with Crippen molar-refractivity contribution < 1.29 is 24.5 Å². The largest absolute Gasteiger partial charge is 0.147 e. The van der Waals surface area contributed by atoms with Crippen molar-refractivity contribution in [3.8, 4) is 5.75 Å². The molecule has 0 unspecified atom stereocenters. The number of aryl methyl sites for hydroxylation is 1. The Morgan fingerprint density at radius 1 is 1.11 bits per heavy atom. The van der Waals surface area contributed by atoms with Crippen molar-refractivity contribution in [1.82, 2.24) is 0 Å². The fraction of sp³-hybridized carbons (Fsp3) is 0.500. The topological polar surface area (TPSA) is 9.23 Å². The quantitative estimate of drug-likeness (QED) is 0.715. The second kappa shape index (κ2) is 8.85. The Balaban J connectivity index is 0. The molecular weight excluding hydrogens is 354 g/mol. The van der Waals surface area contributed by atoms with Crippen LogP contribution in [-0.4, -0.2) is 14.7 Å². The first-order valence-corrected chi connectivity index (χ1v) is 16.3. The van der Waals surface area contributed by atoms with E-state index in [1.165, 1.54) is 10.8 Å². The Hall–Kier alpha value is 0.678. The fourth-order valence-electron chi connectivity index (χ4n) is 1.47. The zero-order chi connectivity index (χ0) is 13.2. The van der Waals surface area contributed by atoms with E-state index in [0.29, 0.717) is 0 Å². The van der Waals surface area contributed by atoms with E-state index in [9.17, 15) is 3.09 Å². The van der Waals surface area contributed by atoms with Crippen molar-refractivity contribution in [2.24, 2.45) is 0 Å². The zero-order valence-electron chi connectivity index (χ0n) is 12.4. The molecule has 0 bridgehead atoms. The molecule has 0 aliphatic rings. The van der Waals surface area contributed by atoms with Crippen LogP contribution in [0.1, 0.15) is 5.56 Å². The molecule has 1 nitrogen and oxygen atoms in total. The third-order valence-corrected chi connectivity index (χ3v) is 10.9. The second-order valence-electron chi connectivity index (χ2n) is 5.85. The number of hydrogen-bond acceptors (Lipinski definition) is 1. The summed E-state index contributed by atoms with van der Waals surface area (Å²) in [5, 5.41) is 1.35. The molecule has 1 aromatic rings. The van der Waals surface area contributed by atoms with E-state index >= 15 is 0 Å². The zero-order valence-corrected chi connectivity index (χ0v) is 17.8. The summed E-state index contributed by atoms with van der Waals surface area (Å²) in [6.07, 6.45) is 0. The number of hydrogen-bond donors (Lipinski definition) is 0. The first-order valence-electron chi connectivity index (χ1n) is 6.02. The first-order chi connectivity index (χ1) is 7.70. The molecule has 0 aliphatic heterocycles. The molecule has 0 saturated carbocycles. The van der Waals surface area contributed by atoms with Gasteiger partial charge in [0.2, 0.25) is 0 Å². The van der Waals surface area contributed by atoms with E-state index in [2.05, 4.69) is 38.7 Å². The van der Waals surface area contributed by atoms with Gasteiger partial charge in [-0.25, -0.2) is 0 Å². The fourth-order valence-corrected chi connectivity index (χ4v) is 5.14. The van der Waals surface area contributed by atoms with Gasteiger partial charge in [0, 0.05) is 0 Å². The minimum atomic E-state index is -2.71. The summed E-state index contributed by atoms with van der Waals surface area (Å²) in [6, 6.07) is 6.24. The molecule has 0 aliphatic carbocycles. The van der Waals surface area contributed by atoms with E-state index in [1.54, 1.807) is 0 Å². The Kier molecular flexibility index (Phi) is 10.2. The van der Waals surface area contributed by atoms with Gasteiger partial charge in [0.05, 0.1) is 0 Å². The Labute approximate surface area is 137 Å². The van der Waals surface area contributed by atoms with Crippen molar-refractivity contribution in [1.29, 1.82) is 0 Å². The molecule has 19 heavy (non-hydrogen) atoms. The molecule has 7 heteroatoms. The van der Waals surface area contributed by atoms with Gasteiger partial charge in [0.1, 0.15) is 0 Å². The van der Waals surface area contributed by atoms with Crippen molar-refractivity contribution in [3.05, 3.63) is 23.8 Å². The monoisotopic (exact) mass is 377 g/mol. The minimum absolute atomic E-state index is 0. The summed E-state index contributed by atoms with van der Waals surface area (Å²) in [6.45, 7) is 11.8. The third-order valence-electron chi connectivity index (χ3n) is 2.59. The van der Waals surface area contributed by atoms with Crippen LogP contribution in [-0.2, 0) is 18.0 Å². The van der Waals surface area contributed by atoms with Crippen LogP contribution in [0, 0.1) is 6.92 Å². The number of benzene rings is 1. The van der Waals surface area contributed by atoms with Crippen molar-refractivity contribution in [2.45, 2.75) is 39.7 Å². The second-order valence-corrected chi connectivity index (χ2v) is 21.8. The molecule has 0 saturated heterocycles. The van der Waals surface area contributed by atoms with Gasteiger partial charge in [-0.15, -0.1) is 24.8 Å². The summed E-state index contributed by atoms with van der Waals surface area (Å²) in [7, 11) is -1.35. The van der Waals surface area contributed by atoms with E-state index in [-0.39, 0.29) is 24.8 Å². The minimum Gasteiger partial charge on any atom is -0.147 e. The van der Waals surface area contributed by atoms with Gasteiger partial charge in [-0.05, 0) is 0 Å². The molecule has 1 rings (SSSR count). The summed E-state index contributed by atoms with van der Waals surface area (Å²) in [5.74, 6) is 0.765. The maximum atomic E-state index is 13.8. The SMILES string of the molecule is Cc1cc([O][Ti]([F])[SiH](C)C)cc([Si](C)(C)C)c1.Cl.Cl. The van der Waals surface area contributed by atoms with Gasteiger partial charge >= 0.3 is 114 Å². The number of halogens is 3. The average Bonchev–Trinajstić information content (AvgIpc) is 2.15. The predicted octanol–water partition coefficient (Wildman–Crippen LogP) is 4.16. The van der Waals surface area contributed by atoms with Crippen molar-refractivity contribution >= 4 is 44.7 Å². The van der Waals surface area contributed by atoms with Gasteiger partial charge in [0.25, 0.3) is 0 Å². The molecule has 0 radical (unpaired) electrons. The smallest absolute Gasteiger partial charge is 0.147 e. The summed E-state index contributed by atoms with van der Waals surface area (Å²) < 4.78 is 19.4. The van der Waals surface area contributed by atoms with E-state index in [4.69, 9.17) is 3.32 Å². The van der Waals surface area contributed by atoms with Crippen LogP contribution in [0.4, 0.5) is 3.09 Å². The molecule has 111 valence electrons. The summed E-state index contributed by atoms with van der Waals surface area (Å²) in [4.78, 5) is 0. The van der Waals surface area contributed by atoms with E-state index in [1.807, 2.05) is 19.2 Å². The van der Waals surface area contributed by atoms with Gasteiger partial charge in [-0.3, -0.25) is 0 Å². The molecule has 1 aromatic carbocycles.